The Morgan fingerprint density at radius 1 is 1.04 bits per heavy atom. The maximum Gasteiger partial charge on any atom is 0.283 e. The molecule has 0 aliphatic carbocycles. The van der Waals surface area contributed by atoms with E-state index in [4.69, 9.17) is 27.9 Å². The fourth-order valence-electron chi connectivity index (χ4n) is 2.92. The van der Waals surface area contributed by atoms with Gasteiger partial charge < -0.3 is 10.1 Å². The highest BCUT2D eigenvalue weighted by molar-refractivity contribution is 6.53. The number of anilines is 2. The van der Waals surface area contributed by atoms with Crippen molar-refractivity contribution in [3.8, 4) is 5.75 Å². The van der Waals surface area contributed by atoms with Gasteiger partial charge in [-0.05, 0) is 42.2 Å². The van der Waals surface area contributed by atoms with Gasteiger partial charge in [-0.25, -0.2) is 4.90 Å². The van der Waals surface area contributed by atoms with Crippen molar-refractivity contribution < 1.29 is 14.3 Å². The quantitative estimate of drug-likeness (QED) is 0.676. The molecule has 0 spiro atoms. The summed E-state index contributed by atoms with van der Waals surface area (Å²) in [5.74, 6) is -0.316. The number of methoxy groups -OCH3 is 1. The lowest BCUT2D eigenvalue weighted by molar-refractivity contribution is -0.120. The van der Waals surface area contributed by atoms with Crippen LogP contribution in [0.2, 0.25) is 5.02 Å². The number of aryl methyl sites for hydroxylation is 1. The van der Waals surface area contributed by atoms with E-state index in [0.29, 0.717) is 28.1 Å². The van der Waals surface area contributed by atoms with Gasteiger partial charge in [0.15, 0.2) is 0 Å². The summed E-state index contributed by atoms with van der Waals surface area (Å²) in [4.78, 5) is 26.6. The van der Waals surface area contributed by atoms with E-state index in [9.17, 15) is 9.59 Å². The van der Waals surface area contributed by atoms with E-state index in [1.807, 2.05) is 19.1 Å². The minimum absolute atomic E-state index is 0.000347. The average molecular weight is 419 g/mol. The molecule has 1 aliphatic rings. The Kier molecular flexibility index (Phi) is 5.68. The van der Waals surface area contributed by atoms with Crippen LogP contribution in [0.25, 0.3) is 0 Å². The molecule has 0 radical (unpaired) electrons. The van der Waals surface area contributed by atoms with Crippen LogP contribution in [0.1, 0.15) is 30.9 Å². The largest absolute Gasteiger partial charge is 0.495 e. The van der Waals surface area contributed by atoms with E-state index >= 15 is 0 Å². The van der Waals surface area contributed by atoms with Crippen molar-refractivity contribution in [2.24, 2.45) is 0 Å². The molecule has 2 amide bonds. The fraction of sp³-hybridized carbons (Fsp3) is 0.238. The van der Waals surface area contributed by atoms with Crippen molar-refractivity contribution in [1.29, 1.82) is 0 Å². The summed E-state index contributed by atoms with van der Waals surface area (Å²) >= 11 is 12.3. The Balaban J connectivity index is 1.93. The summed E-state index contributed by atoms with van der Waals surface area (Å²) in [5, 5.41) is 3.30. The summed E-state index contributed by atoms with van der Waals surface area (Å²) in [6.45, 7) is 5.97. The number of rotatable bonds is 5. The first-order valence-corrected chi connectivity index (χ1v) is 9.49. The van der Waals surface area contributed by atoms with Crippen LogP contribution >= 0.6 is 23.2 Å². The summed E-state index contributed by atoms with van der Waals surface area (Å²) < 4.78 is 5.31. The third kappa shape index (κ3) is 3.60. The van der Waals surface area contributed by atoms with Crippen molar-refractivity contribution in [2.75, 3.05) is 17.3 Å². The molecule has 1 N–H and O–H groups in total. The summed E-state index contributed by atoms with van der Waals surface area (Å²) in [5.41, 5.74) is 2.87. The zero-order valence-electron chi connectivity index (χ0n) is 16.0. The Morgan fingerprint density at radius 3 is 2.25 bits per heavy atom. The molecular weight excluding hydrogens is 399 g/mol. The number of carbonyl (C=O) groups is 2. The third-order valence-corrected chi connectivity index (χ3v) is 5.34. The van der Waals surface area contributed by atoms with Crippen molar-refractivity contribution in [3.05, 3.63) is 63.3 Å². The maximum atomic E-state index is 12.9. The molecule has 5 nitrogen and oxygen atoms in total. The monoisotopic (exact) mass is 418 g/mol. The minimum atomic E-state index is -0.573. The molecule has 0 aromatic heterocycles. The van der Waals surface area contributed by atoms with Crippen LogP contribution in [-0.4, -0.2) is 18.9 Å². The molecule has 3 rings (SSSR count). The molecule has 0 saturated carbocycles. The van der Waals surface area contributed by atoms with Gasteiger partial charge in [0, 0.05) is 11.1 Å². The van der Waals surface area contributed by atoms with E-state index in [1.54, 1.807) is 24.3 Å². The van der Waals surface area contributed by atoms with E-state index in [0.717, 1.165) is 16.0 Å². The van der Waals surface area contributed by atoms with Crippen molar-refractivity contribution in [1.82, 2.24) is 0 Å². The van der Waals surface area contributed by atoms with Gasteiger partial charge in [0.2, 0.25) is 0 Å². The molecular formula is C21H20Cl2N2O3. The number of carbonyl (C=O) groups excluding carboxylic acids is 2. The molecule has 1 heterocycles. The molecule has 2 aromatic carbocycles. The highest BCUT2D eigenvalue weighted by Gasteiger charge is 2.39. The number of imide groups is 1. The first-order chi connectivity index (χ1) is 13.2. The predicted octanol–water partition coefficient (Wildman–Crippen LogP) is 5.22. The smallest absolute Gasteiger partial charge is 0.283 e. The van der Waals surface area contributed by atoms with Gasteiger partial charge in [-0.3, -0.25) is 9.59 Å². The Morgan fingerprint density at radius 2 is 1.68 bits per heavy atom. The molecule has 0 bridgehead atoms. The second-order valence-electron chi connectivity index (χ2n) is 6.81. The Hall–Kier alpha value is -2.50. The standard InChI is InChI=1S/C21H20Cl2N2O3/c1-11(2)13-5-7-14(8-6-13)25-20(26)18(23)19(21(25)27)24-16-9-12(3)15(22)10-17(16)28-4/h5-11,24H,1-4H3. The first kappa shape index (κ1) is 20.2. The van der Waals surface area contributed by atoms with Gasteiger partial charge in [-0.15, -0.1) is 0 Å². The van der Waals surface area contributed by atoms with Gasteiger partial charge in [0.1, 0.15) is 16.5 Å². The van der Waals surface area contributed by atoms with Crippen LogP contribution in [0.4, 0.5) is 11.4 Å². The van der Waals surface area contributed by atoms with Gasteiger partial charge in [-0.2, -0.15) is 0 Å². The lowest BCUT2D eigenvalue weighted by atomic mass is 10.0. The minimum Gasteiger partial charge on any atom is -0.495 e. The highest BCUT2D eigenvalue weighted by atomic mass is 35.5. The predicted molar refractivity (Wildman–Crippen MR) is 112 cm³/mol. The van der Waals surface area contributed by atoms with Crippen LogP contribution in [0.3, 0.4) is 0 Å². The Bertz CT molecular complexity index is 982. The van der Waals surface area contributed by atoms with Gasteiger partial charge in [0.05, 0.1) is 18.5 Å². The zero-order valence-corrected chi connectivity index (χ0v) is 17.5. The molecule has 0 fully saturated rings. The molecule has 0 saturated heterocycles. The van der Waals surface area contributed by atoms with Gasteiger partial charge in [0.25, 0.3) is 11.8 Å². The second kappa shape index (κ2) is 7.86. The fourth-order valence-corrected chi connectivity index (χ4v) is 3.28. The second-order valence-corrected chi connectivity index (χ2v) is 7.59. The topological polar surface area (TPSA) is 58.6 Å². The van der Waals surface area contributed by atoms with Gasteiger partial charge >= 0.3 is 0 Å². The first-order valence-electron chi connectivity index (χ1n) is 8.74. The van der Waals surface area contributed by atoms with Crippen LogP contribution in [-0.2, 0) is 9.59 Å². The zero-order chi connectivity index (χ0) is 20.6. The molecule has 1 aliphatic heterocycles. The molecule has 146 valence electrons. The molecule has 0 atom stereocenters. The molecule has 28 heavy (non-hydrogen) atoms. The molecule has 2 aromatic rings. The lowest BCUT2D eigenvalue weighted by Gasteiger charge is -2.17. The van der Waals surface area contributed by atoms with Crippen molar-refractivity contribution in [3.63, 3.8) is 0 Å². The number of hydrogen-bond donors (Lipinski definition) is 1. The lowest BCUT2D eigenvalue weighted by Crippen LogP contribution is -2.32. The van der Waals surface area contributed by atoms with Crippen molar-refractivity contribution in [2.45, 2.75) is 26.7 Å². The van der Waals surface area contributed by atoms with Gasteiger partial charge in [-0.1, -0.05) is 49.2 Å². The molecule has 7 heteroatoms. The number of ether oxygens (including phenoxy) is 1. The summed E-state index contributed by atoms with van der Waals surface area (Å²) in [6.07, 6.45) is 0. The van der Waals surface area contributed by atoms with E-state index in [1.165, 1.54) is 7.11 Å². The van der Waals surface area contributed by atoms with E-state index in [2.05, 4.69) is 19.2 Å². The number of halogens is 2. The van der Waals surface area contributed by atoms with Crippen LogP contribution < -0.4 is 15.0 Å². The van der Waals surface area contributed by atoms with Crippen molar-refractivity contribution >= 4 is 46.4 Å². The number of amides is 2. The number of nitrogens with zero attached hydrogens (tertiary/aromatic N) is 1. The van der Waals surface area contributed by atoms with E-state index < -0.39 is 11.8 Å². The number of hydrogen-bond acceptors (Lipinski definition) is 4. The summed E-state index contributed by atoms with van der Waals surface area (Å²) in [6, 6.07) is 10.6. The van der Waals surface area contributed by atoms with Crippen LogP contribution in [0.5, 0.6) is 5.75 Å². The summed E-state index contributed by atoms with van der Waals surface area (Å²) in [7, 11) is 1.49. The highest BCUT2D eigenvalue weighted by Crippen LogP contribution is 2.35. The third-order valence-electron chi connectivity index (χ3n) is 4.59. The van der Waals surface area contributed by atoms with Crippen LogP contribution in [0, 0.1) is 6.92 Å². The maximum absolute atomic E-state index is 12.9. The van der Waals surface area contributed by atoms with Crippen LogP contribution in [0.15, 0.2) is 47.1 Å². The average Bonchev–Trinajstić information content (AvgIpc) is 2.87. The number of benzene rings is 2. The SMILES string of the molecule is COc1cc(Cl)c(C)cc1NC1=C(Cl)C(=O)N(c2ccc(C(C)C)cc2)C1=O. The number of nitrogens with one attached hydrogen (secondary N) is 1. The Labute approximate surface area is 173 Å². The van der Waals surface area contributed by atoms with E-state index in [-0.39, 0.29) is 10.7 Å². The molecule has 0 unspecified atom stereocenters. The normalized spacial score (nSPS) is 14.3.